The monoisotopic (exact) mass is 697 g/mol. The second-order valence-electron chi connectivity index (χ2n) is 12.2. The number of aliphatic carboxylic acids is 1. The van der Waals surface area contributed by atoms with Crippen molar-refractivity contribution < 1.29 is 31.5 Å². The molecule has 0 aliphatic rings. The molecule has 0 bridgehead atoms. The van der Waals surface area contributed by atoms with E-state index in [1.807, 2.05) is 45.0 Å². The number of hydrogen-bond acceptors (Lipinski definition) is 7. The number of aromatic amines is 1. The van der Waals surface area contributed by atoms with Crippen LogP contribution in [-0.4, -0.2) is 68.3 Å². The van der Waals surface area contributed by atoms with E-state index in [9.17, 15) is 31.5 Å². The van der Waals surface area contributed by atoms with Gasteiger partial charge in [-0.1, -0.05) is 49.7 Å². The first-order valence-corrected chi connectivity index (χ1v) is 18.6. The van der Waals surface area contributed by atoms with Crippen LogP contribution >= 0.6 is 0 Å². The van der Waals surface area contributed by atoms with Gasteiger partial charge in [0.25, 0.3) is 0 Å². The van der Waals surface area contributed by atoms with E-state index < -0.39 is 44.0 Å². The second-order valence-corrected chi connectivity index (χ2v) is 15.8. The van der Waals surface area contributed by atoms with E-state index in [2.05, 4.69) is 15.0 Å². The van der Waals surface area contributed by atoms with Crippen LogP contribution in [0.15, 0.2) is 88.8 Å². The zero-order valence-corrected chi connectivity index (χ0v) is 28.9. The molecule has 2 atom stereocenters. The molecular weight excluding hydrogens is 655 g/mol. The van der Waals surface area contributed by atoms with Gasteiger partial charge < -0.3 is 21.1 Å². The van der Waals surface area contributed by atoms with Crippen molar-refractivity contribution >= 4 is 48.5 Å². The highest BCUT2D eigenvalue weighted by molar-refractivity contribution is 7.89. The Bertz CT molecular complexity index is 1920. The highest BCUT2D eigenvalue weighted by Gasteiger charge is 2.36. The first kappa shape index (κ1) is 36.6. The molecule has 12 nitrogen and oxygen atoms in total. The number of anilines is 1. The molecule has 3 aromatic carbocycles. The van der Waals surface area contributed by atoms with Gasteiger partial charge in [0.2, 0.25) is 26.0 Å². The fraction of sp³-hybridized carbons (Fsp3) is 0.353. The molecule has 0 radical (unpaired) electrons. The van der Waals surface area contributed by atoms with Crippen molar-refractivity contribution in [2.45, 2.75) is 68.3 Å². The van der Waals surface area contributed by atoms with Crippen LogP contribution in [0.2, 0.25) is 0 Å². The molecule has 0 saturated carbocycles. The molecular formula is C34H43N5O7S2. The Morgan fingerprint density at radius 2 is 1.56 bits per heavy atom. The number of nitrogens with zero attached hydrogens (tertiary/aromatic N) is 1. The quantitative estimate of drug-likeness (QED) is 0.0807. The normalized spacial score (nSPS) is 13.5. The average molecular weight is 698 g/mol. The molecule has 14 heteroatoms. The molecule has 0 aliphatic carbocycles. The summed E-state index contributed by atoms with van der Waals surface area (Å²) in [7, 11) is -8.20. The lowest BCUT2D eigenvalue weighted by Crippen LogP contribution is -2.48. The molecule has 1 aromatic heterocycles. The van der Waals surface area contributed by atoms with Crippen LogP contribution in [0, 0.1) is 12.8 Å². The molecule has 0 fully saturated rings. The van der Waals surface area contributed by atoms with Crippen LogP contribution in [0.5, 0.6) is 0 Å². The molecule has 48 heavy (non-hydrogen) atoms. The third kappa shape index (κ3) is 9.22. The molecule has 4 rings (SSSR count). The zero-order valence-electron chi connectivity index (χ0n) is 27.2. The number of carbonyl (C=O) groups excluding carboxylic acids is 1. The summed E-state index contributed by atoms with van der Waals surface area (Å²) >= 11 is 0. The van der Waals surface area contributed by atoms with E-state index in [0.717, 1.165) is 26.3 Å². The van der Waals surface area contributed by atoms with Gasteiger partial charge in [0.1, 0.15) is 12.1 Å². The van der Waals surface area contributed by atoms with E-state index in [0.29, 0.717) is 18.5 Å². The van der Waals surface area contributed by atoms with Crippen molar-refractivity contribution in [2.75, 3.05) is 18.8 Å². The fourth-order valence-corrected chi connectivity index (χ4v) is 8.37. The smallest absolute Gasteiger partial charge is 0.322 e. The number of nitrogens with one attached hydrogen (secondary N) is 3. The largest absolute Gasteiger partial charge is 0.480 e. The number of nitrogens with two attached hydrogens (primary N) is 1. The Labute approximate surface area is 281 Å². The van der Waals surface area contributed by atoms with Crippen molar-refractivity contribution in [3.05, 3.63) is 90.1 Å². The minimum absolute atomic E-state index is 0.0194. The number of unbranched alkanes of at least 4 members (excludes halogenated alkanes) is 1. The van der Waals surface area contributed by atoms with Crippen molar-refractivity contribution in [1.29, 1.82) is 0 Å². The van der Waals surface area contributed by atoms with Crippen LogP contribution in [0.4, 0.5) is 5.69 Å². The minimum atomic E-state index is -4.10. The number of aromatic nitrogens is 1. The third-order valence-electron chi connectivity index (χ3n) is 7.91. The van der Waals surface area contributed by atoms with Crippen molar-refractivity contribution in [1.82, 2.24) is 19.3 Å². The maximum absolute atomic E-state index is 13.6. The summed E-state index contributed by atoms with van der Waals surface area (Å²) in [4.78, 5) is 29.0. The number of amides is 1. The number of carbonyl (C=O) groups is 2. The Morgan fingerprint density at radius 3 is 2.21 bits per heavy atom. The number of carboxylic acids is 1. The van der Waals surface area contributed by atoms with E-state index in [1.54, 1.807) is 18.3 Å². The topological polar surface area (TPSA) is 192 Å². The molecule has 0 aliphatic heterocycles. The summed E-state index contributed by atoms with van der Waals surface area (Å²) in [6.45, 7) is 5.61. The third-order valence-corrected chi connectivity index (χ3v) is 11.3. The van der Waals surface area contributed by atoms with Crippen LogP contribution in [-0.2, 0) is 36.1 Å². The van der Waals surface area contributed by atoms with Gasteiger partial charge in [-0.15, -0.1) is 0 Å². The maximum Gasteiger partial charge on any atom is 0.322 e. The second kappa shape index (κ2) is 15.8. The van der Waals surface area contributed by atoms with E-state index >= 15 is 0 Å². The number of aryl methyl sites for hydroxylation is 1. The van der Waals surface area contributed by atoms with Crippen LogP contribution in [0.3, 0.4) is 0 Å². The standard InChI is InChI=1S/C34H43N5O7S2/c1-23(2)22-39(48(45,46)28-15-11-24(3)12-16-28)32(34(41)42)10-6-7-19-36-33(40)31(20-25-21-37-30-9-5-4-8-29(25)30)38-47(43,44)27-17-13-26(35)14-18-27/h4-5,8-9,11-18,21,23,31-32,37-38H,6-7,10,19-20,22,35H2,1-3H3,(H,36,40)(H,41,42)/t31-,32?/m0/s1. The first-order valence-electron chi connectivity index (χ1n) is 15.7. The lowest BCUT2D eigenvalue weighted by Gasteiger charge is -2.29. The lowest BCUT2D eigenvalue weighted by atomic mass is 10.0. The predicted molar refractivity (Wildman–Crippen MR) is 185 cm³/mol. The molecule has 1 amide bonds. The summed E-state index contributed by atoms with van der Waals surface area (Å²) < 4.78 is 57.2. The van der Waals surface area contributed by atoms with E-state index in [-0.39, 0.29) is 41.6 Å². The highest BCUT2D eigenvalue weighted by Crippen LogP contribution is 2.24. The minimum Gasteiger partial charge on any atom is -0.480 e. The Hall–Kier alpha value is -4.24. The number of carboxylic acid groups (broad SMARTS) is 1. The van der Waals surface area contributed by atoms with Crippen molar-refractivity contribution in [3.63, 3.8) is 0 Å². The van der Waals surface area contributed by atoms with Gasteiger partial charge in [0.15, 0.2) is 0 Å². The molecule has 0 spiro atoms. The van der Waals surface area contributed by atoms with Crippen molar-refractivity contribution in [2.24, 2.45) is 5.92 Å². The summed E-state index contributed by atoms with van der Waals surface area (Å²) in [5, 5.41) is 13.7. The molecule has 258 valence electrons. The summed E-state index contributed by atoms with van der Waals surface area (Å²) in [5.41, 5.74) is 8.58. The van der Waals surface area contributed by atoms with Crippen LogP contribution in [0.25, 0.3) is 10.9 Å². The molecule has 1 heterocycles. The number of benzene rings is 3. The number of fused-ring (bicyclic) bond motifs is 1. The zero-order chi connectivity index (χ0) is 35.1. The molecule has 6 N–H and O–H groups in total. The molecule has 1 unspecified atom stereocenters. The number of sulfonamides is 2. The van der Waals surface area contributed by atoms with Crippen molar-refractivity contribution in [3.8, 4) is 0 Å². The lowest BCUT2D eigenvalue weighted by molar-refractivity contribution is -0.142. The fourth-order valence-electron chi connectivity index (χ4n) is 5.40. The molecule has 0 saturated heterocycles. The number of hydrogen-bond donors (Lipinski definition) is 5. The summed E-state index contributed by atoms with van der Waals surface area (Å²) in [6, 6.07) is 16.9. The Balaban J connectivity index is 1.45. The first-order chi connectivity index (χ1) is 22.7. The molecule has 4 aromatic rings. The SMILES string of the molecule is Cc1ccc(S(=O)(=O)N(CC(C)C)C(CCCCNC(=O)[C@H](Cc2c[nH]c3ccccc23)NS(=O)(=O)c2ccc(N)cc2)C(=O)O)cc1. The Morgan fingerprint density at radius 1 is 0.917 bits per heavy atom. The van der Waals surface area contributed by atoms with Gasteiger partial charge in [-0.05, 0) is 86.6 Å². The maximum atomic E-state index is 13.6. The van der Waals surface area contributed by atoms with E-state index in [1.165, 1.54) is 36.4 Å². The van der Waals surface area contributed by atoms with Gasteiger partial charge >= 0.3 is 5.97 Å². The van der Waals surface area contributed by atoms with Crippen LogP contribution in [0.1, 0.15) is 44.2 Å². The number of H-pyrrole nitrogens is 1. The van der Waals surface area contributed by atoms with E-state index in [4.69, 9.17) is 5.73 Å². The summed E-state index contributed by atoms with van der Waals surface area (Å²) in [6.07, 6.45) is 2.44. The highest BCUT2D eigenvalue weighted by atomic mass is 32.2. The summed E-state index contributed by atoms with van der Waals surface area (Å²) in [5.74, 6) is -1.94. The van der Waals surface area contributed by atoms with Crippen LogP contribution < -0.4 is 15.8 Å². The van der Waals surface area contributed by atoms with Gasteiger partial charge in [0.05, 0.1) is 9.79 Å². The van der Waals surface area contributed by atoms with Gasteiger partial charge in [-0.25, -0.2) is 16.8 Å². The van der Waals surface area contributed by atoms with Gasteiger partial charge in [-0.3, -0.25) is 9.59 Å². The average Bonchev–Trinajstić information content (AvgIpc) is 3.44. The number of nitrogen functional groups attached to an aromatic ring is 1. The van der Waals surface area contributed by atoms with Gasteiger partial charge in [-0.2, -0.15) is 9.03 Å². The van der Waals surface area contributed by atoms with Gasteiger partial charge in [0, 0.05) is 35.9 Å². The predicted octanol–water partition coefficient (Wildman–Crippen LogP) is 4.03. The number of para-hydroxylation sites is 1. The number of rotatable bonds is 17. The Kier molecular flexibility index (Phi) is 12.0.